The highest BCUT2D eigenvalue weighted by Crippen LogP contribution is 2.25. The van der Waals surface area contributed by atoms with E-state index in [0.29, 0.717) is 31.4 Å². The van der Waals surface area contributed by atoms with Crippen LogP contribution in [0.5, 0.6) is 0 Å². The van der Waals surface area contributed by atoms with Gasteiger partial charge < -0.3 is 9.88 Å². The predicted octanol–water partition coefficient (Wildman–Crippen LogP) is 4.74. The quantitative estimate of drug-likeness (QED) is 0.397. The molecule has 1 aromatic carbocycles. The highest BCUT2D eigenvalue weighted by atomic mass is 32.2. The zero-order chi connectivity index (χ0) is 24.0. The number of nitrogens with one attached hydrogen (secondary N) is 1. The van der Waals surface area contributed by atoms with Crippen molar-refractivity contribution in [3.8, 4) is 0 Å². The minimum atomic E-state index is -3.55. The Morgan fingerprint density at radius 2 is 1.94 bits per heavy atom. The number of benzene rings is 1. The van der Waals surface area contributed by atoms with Crippen LogP contribution in [-0.2, 0) is 27.8 Å². The molecule has 3 rings (SSSR count). The lowest BCUT2D eigenvalue weighted by atomic mass is 10.1. The minimum Gasteiger partial charge on any atom is -0.348 e. The second-order valence-electron chi connectivity index (χ2n) is 7.96. The summed E-state index contributed by atoms with van der Waals surface area (Å²) in [5.41, 5.74) is 1.55. The van der Waals surface area contributed by atoms with Crippen molar-refractivity contribution in [2.45, 2.75) is 70.9 Å². The van der Waals surface area contributed by atoms with Crippen molar-refractivity contribution in [2.24, 2.45) is 0 Å². The van der Waals surface area contributed by atoms with Crippen LogP contribution in [0.15, 0.2) is 40.6 Å². The number of nitrogens with zero attached hydrogens (tertiary/aromatic N) is 3. The normalized spacial score (nSPS) is 13.0. The Kier molecular flexibility index (Phi) is 8.67. The van der Waals surface area contributed by atoms with E-state index in [2.05, 4.69) is 23.7 Å². The van der Waals surface area contributed by atoms with E-state index < -0.39 is 10.0 Å². The van der Waals surface area contributed by atoms with Gasteiger partial charge in [0.1, 0.15) is 5.82 Å². The summed E-state index contributed by atoms with van der Waals surface area (Å²) >= 11 is 1.65. The molecular weight excluding hydrogens is 456 g/mol. The molecule has 2 aromatic heterocycles. The van der Waals surface area contributed by atoms with Crippen LogP contribution in [0.2, 0.25) is 0 Å². The molecule has 1 atom stereocenters. The molecule has 0 spiro atoms. The van der Waals surface area contributed by atoms with Crippen molar-refractivity contribution < 1.29 is 13.2 Å². The maximum Gasteiger partial charge on any atom is 0.243 e. The third-order valence-electron chi connectivity index (χ3n) is 5.79. The van der Waals surface area contributed by atoms with Crippen LogP contribution in [0.1, 0.15) is 63.7 Å². The highest BCUT2D eigenvalue weighted by molar-refractivity contribution is 7.89. The minimum absolute atomic E-state index is 0.00449. The molecular formula is C24H34N4O3S2. The van der Waals surface area contributed by atoms with E-state index in [0.717, 1.165) is 35.6 Å². The summed E-state index contributed by atoms with van der Waals surface area (Å²) in [5, 5.41) is 5.15. The fourth-order valence-corrected chi connectivity index (χ4v) is 6.39. The standard InChI is InChI=1S/C24H34N4O3S2/c1-5-15-28-21-12-11-18(33(30,31)27(7-3)8-4)17-20(21)25-23(28)13-14-24(29)26-19(6-2)22-10-9-16-32-22/h9-12,16-17,19H,5-8,13-15H2,1-4H3,(H,26,29). The summed E-state index contributed by atoms with van der Waals surface area (Å²) in [6.07, 6.45) is 2.59. The number of hydrogen-bond donors (Lipinski definition) is 1. The summed E-state index contributed by atoms with van der Waals surface area (Å²) in [7, 11) is -3.55. The Labute approximate surface area is 200 Å². The summed E-state index contributed by atoms with van der Waals surface area (Å²) < 4.78 is 29.4. The molecule has 0 saturated carbocycles. The monoisotopic (exact) mass is 490 g/mol. The average Bonchev–Trinajstić information content (AvgIpc) is 3.45. The molecule has 3 aromatic rings. The van der Waals surface area contributed by atoms with Crippen LogP contribution in [0.4, 0.5) is 0 Å². The second kappa shape index (κ2) is 11.3. The van der Waals surface area contributed by atoms with Crippen LogP contribution >= 0.6 is 11.3 Å². The summed E-state index contributed by atoms with van der Waals surface area (Å²) in [6, 6.07) is 9.22. The molecule has 33 heavy (non-hydrogen) atoms. The van der Waals surface area contributed by atoms with E-state index in [9.17, 15) is 13.2 Å². The fourth-order valence-electron chi connectivity index (χ4n) is 4.05. The molecule has 0 bridgehead atoms. The topological polar surface area (TPSA) is 84.3 Å². The number of carbonyl (C=O) groups excluding carboxylic acids is 1. The summed E-state index contributed by atoms with van der Waals surface area (Å²) in [6.45, 7) is 9.43. The molecule has 1 unspecified atom stereocenters. The molecule has 1 amide bonds. The molecule has 2 heterocycles. The Morgan fingerprint density at radius 3 is 2.55 bits per heavy atom. The molecule has 0 radical (unpaired) electrons. The van der Waals surface area contributed by atoms with E-state index in [1.807, 2.05) is 37.4 Å². The summed E-state index contributed by atoms with van der Waals surface area (Å²) in [4.78, 5) is 18.8. The first-order valence-electron chi connectivity index (χ1n) is 11.7. The Bertz CT molecular complexity index is 1170. The number of amides is 1. The Hall–Kier alpha value is -2.23. The third-order valence-corrected chi connectivity index (χ3v) is 8.83. The van der Waals surface area contributed by atoms with Crippen molar-refractivity contribution in [3.63, 3.8) is 0 Å². The molecule has 1 N–H and O–H groups in total. The Morgan fingerprint density at radius 1 is 1.18 bits per heavy atom. The maximum atomic E-state index is 12.9. The largest absolute Gasteiger partial charge is 0.348 e. The van der Waals surface area contributed by atoms with Crippen LogP contribution in [0.25, 0.3) is 11.0 Å². The van der Waals surface area contributed by atoms with Gasteiger partial charge in [0.15, 0.2) is 0 Å². The van der Waals surface area contributed by atoms with Gasteiger partial charge in [-0.2, -0.15) is 4.31 Å². The van der Waals surface area contributed by atoms with Gasteiger partial charge in [-0.15, -0.1) is 11.3 Å². The van der Waals surface area contributed by atoms with Crippen LogP contribution < -0.4 is 5.32 Å². The number of rotatable bonds is 12. The molecule has 0 aliphatic rings. The summed E-state index contributed by atoms with van der Waals surface area (Å²) in [5.74, 6) is 0.804. The number of aromatic nitrogens is 2. The molecule has 0 saturated heterocycles. The lowest BCUT2D eigenvalue weighted by Crippen LogP contribution is -2.30. The second-order valence-corrected chi connectivity index (χ2v) is 10.9. The van der Waals surface area contributed by atoms with Crippen molar-refractivity contribution >= 4 is 38.3 Å². The molecule has 0 aliphatic heterocycles. The maximum absolute atomic E-state index is 12.9. The zero-order valence-corrected chi connectivity index (χ0v) is 21.5. The van der Waals surface area contributed by atoms with Crippen molar-refractivity contribution in [2.75, 3.05) is 13.1 Å². The number of carbonyl (C=O) groups is 1. The van der Waals surface area contributed by atoms with Crippen LogP contribution in [0.3, 0.4) is 0 Å². The first-order valence-corrected chi connectivity index (χ1v) is 14.0. The molecule has 7 nitrogen and oxygen atoms in total. The first-order chi connectivity index (χ1) is 15.8. The number of sulfonamides is 1. The number of thiophene rings is 1. The van der Waals surface area contributed by atoms with E-state index >= 15 is 0 Å². The fraction of sp³-hybridized carbons (Fsp3) is 0.500. The van der Waals surface area contributed by atoms with E-state index in [1.54, 1.807) is 23.5 Å². The van der Waals surface area contributed by atoms with Crippen LogP contribution in [-0.4, -0.2) is 41.3 Å². The van der Waals surface area contributed by atoms with Gasteiger partial charge in [0.05, 0.1) is 22.0 Å². The van der Waals surface area contributed by atoms with Gasteiger partial charge in [0.25, 0.3) is 0 Å². The number of imidazole rings is 1. The highest BCUT2D eigenvalue weighted by Gasteiger charge is 2.23. The molecule has 180 valence electrons. The number of fused-ring (bicyclic) bond motifs is 1. The molecule has 9 heteroatoms. The molecule has 0 aliphatic carbocycles. The molecule has 0 fully saturated rings. The lowest BCUT2D eigenvalue weighted by molar-refractivity contribution is -0.121. The van der Waals surface area contributed by atoms with Crippen molar-refractivity contribution in [1.82, 2.24) is 19.2 Å². The average molecular weight is 491 g/mol. The smallest absolute Gasteiger partial charge is 0.243 e. The third kappa shape index (κ3) is 5.65. The van der Waals surface area contributed by atoms with E-state index in [4.69, 9.17) is 4.98 Å². The zero-order valence-electron chi connectivity index (χ0n) is 19.9. The predicted molar refractivity (Wildman–Crippen MR) is 134 cm³/mol. The van der Waals surface area contributed by atoms with Gasteiger partial charge in [-0.3, -0.25) is 4.79 Å². The van der Waals surface area contributed by atoms with Gasteiger partial charge >= 0.3 is 0 Å². The first kappa shape index (κ1) is 25.4. The SMILES string of the molecule is CCCn1c(CCC(=O)NC(CC)c2cccs2)nc2cc(S(=O)(=O)N(CC)CC)ccc21. The van der Waals surface area contributed by atoms with Gasteiger partial charge in [0, 0.05) is 37.4 Å². The number of hydrogen-bond acceptors (Lipinski definition) is 5. The van der Waals surface area contributed by atoms with Crippen molar-refractivity contribution in [1.29, 1.82) is 0 Å². The van der Waals surface area contributed by atoms with E-state index in [1.165, 1.54) is 4.31 Å². The van der Waals surface area contributed by atoms with Crippen molar-refractivity contribution in [3.05, 3.63) is 46.4 Å². The Balaban J connectivity index is 1.82. The van der Waals surface area contributed by atoms with Crippen LogP contribution in [0, 0.1) is 0 Å². The lowest BCUT2D eigenvalue weighted by Gasteiger charge is -2.18. The van der Waals surface area contributed by atoms with Gasteiger partial charge in [0.2, 0.25) is 15.9 Å². The number of aryl methyl sites for hydroxylation is 2. The van der Waals surface area contributed by atoms with Gasteiger partial charge in [-0.25, -0.2) is 13.4 Å². The van der Waals surface area contributed by atoms with Gasteiger partial charge in [-0.1, -0.05) is 33.8 Å². The van der Waals surface area contributed by atoms with E-state index in [-0.39, 0.29) is 16.8 Å². The van der Waals surface area contributed by atoms with Gasteiger partial charge in [-0.05, 0) is 42.5 Å².